The molecule has 0 fully saturated rings. The predicted octanol–water partition coefficient (Wildman–Crippen LogP) is 4.82. The average molecular weight is 513 g/mol. The van der Waals surface area contributed by atoms with Crippen molar-refractivity contribution in [3.05, 3.63) is 25.6 Å². The van der Waals surface area contributed by atoms with Crippen molar-refractivity contribution in [1.29, 1.82) is 0 Å². The summed E-state index contributed by atoms with van der Waals surface area (Å²) in [6.07, 6.45) is 16.1. The summed E-state index contributed by atoms with van der Waals surface area (Å²) >= 11 is 3.42. The number of aromatic amines is 1. The minimum absolute atomic E-state index is 0.101. The Kier molecular flexibility index (Phi) is 11.8. The largest absolute Gasteiger partial charge is 0.469 e. The molecule has 2 aromatic rings. The van der Waals surface area contributed by atoms with Crippen LogP contribution in [0, 0.1) is 0 Å². The summed E-state index contributed by atoms with van der Waals surface area (Å²) in [6, 6.07) is 0. The Labute approximate surface area is 197 Å². The molecule has 2 rings (SSSR count). The first-order valence-corrected chi connectivity index (χ1v) is 12.7. The number of rotatable bonds is 16. The summed E-state index contributed by atoms with van der Waals surface area (Å²) in [5, 5.41) is 0. The van der Waals surface area contributed by atoms with Gasteiger partial charge in [0, 0.05) is 20.0 Å². The number of esters is 1. The van der Waals surface area contributed by atoms with E-state index >= 15 is 0 Å². The van der Waals surface area contributed by atoms with E-state index in [1.807, 2.05) is 4.57 Å². The number of hydrogen-bond acceptors (Lipinski definition) is 5. The second-order valence-electron chi connectivity index (χ2n) is 8.45. The summed E-state index contributed by atoms with van der Waals surface area (Å²) < 4.78 is 8.45. The van der Waals surface area contributed by atoms with Crippen LogP contribution in [0.5, 0.6) is 0 Å². The molecule has 180 valence electrons. The fourth-order valence-electron chi connectivity index (χ4n) is 4.00. The Balaban J connectivity index is 1.50. The molecule has 0 aliphatic carbocycles. The third kappa shape index (κ3) is 8.22. The number of fused-ring (bicyclic) bond motifs is 1. The van der Waals surface area contributed by atoms with Gasteiger partial charge >= 0.3 is 11.7 Å². The standard InChI is InChI=1S/C23H37BrN4O4/c1-27-20-19(21(30)26-23(27)31)28(22(24)25-20)17-15-13-11-9-7-5-3-4-6-8-10-12-14-16-18(29)32-2/h3-17H2,1-2H3,(H,26,30,31). The van der Waals surface area contributed by atoms with Crippen LogP contribution >= 0.6 is 15.9 Å². The van der Waals surface area contributed by atoms with Crippen molar-refractivity contribution in [2.24, 2.45) is 7.05 Å². The van der Waals surface area contributed by atoms with Crippen LogP contribution in [0.25, 0.3) is 11.2 Å². The molecule has 0 radical (unpaired) electrons. The molecule has 0 aromatic carbocycles. The zero-order chi connectivity index (χ0) is 23.3. The van der Waals surface area contributed by atoms with E-state index in [4.69, 9.17) is 0 Å². The van der Waals surface area contributed by atoms with Crippen LogP contribution in [0.2, 0.25) is 0 Å². The lowest BCUT2D eigenvalue weighted by Crippen LogP contribution is -2.29. The summed E-state index contributed by atoms with van der Waals surface area (Å²) in [7, 11) is 3.05. The van der Waals surface area contributed by atoms with Gasteiger partial charge in [0.05, 0.1) is 7.11 Å². The van der Waals surface area contributed by atoms with Crippen molar-refractivity contribution >= 4 is 33.1 Å². The Morgan fingerprint density at radius 1 is 0.906 bits per heavy atom. The maximum atomic E-state index is 12.2. The normalized spacial score (nSPS) is 11.3. The number of carbonyl (C=O) groups excluding carboxylic acids is 1. The van der Waals surface area contributed by atoms with Crippen LogP contribution in [0.15, 0.2) is 14.3 Å². The molecule has 32 heavy (non-hydrogen) atoms. The molecular weight excluding hydrogens is 476 g/mol. The molecule has 0 spiro atoms. The molecule has 0 amide bonds. The van der Waals surface area contributed by atoms with E-state index in [-0.39, 0.29) is 11.5 Å². The molecular formula is C23H37BrN4O4. The number of aryl methyl sites for hydroxylation is 2. The van der Waals surface area contributed by atoms with Crippen molar-refractivity contribution < 1.29 is 9.53 Å². The number of unbranched alkanes of at least 4 members (excludes halogenated alkanes) is 12. The zero-order valence-electron chi connectivity index (χ0n) is 19.5. The van der Waals surface area contributed by atoms with E-state index < -0.39 is 5.69 Å². The number of nitrogens with zero attached hydrogens (tertiary/aromatic N) is 3. The zero-order valence-corrected chi connectivity index (χ0v) is 21.0. The van der Waals surface area contributed by atoms with Gasteiger partial charge in [0.15, 0.2) is 15.9 Å². The van der Waals surface area contributed by atoms with E-state index in [9.17, 15) is 14.4 Å². The van der Waals surface area contributed by atoms with Crippen LogP contribution in [-0.4, -0.2) is 32.2 Å². The molecule has 0 saturated carbocycles. The van der Waals surface area contributed by atoms with E-state index in [1.54, 1.807) is 7.05 Å². The number of methoxy groups -OCH3 is 1. The highest BCUT2D eigenvalue weighted by Crippen LogP contribution is 2.18. The maximum Gasteiger partial charge on any atom is 0.329 e. The number of aromatic nitrogens is 4. The second kappa shape index (κ2) is 14.3. The first kappa shape index (κ1) is 26.4. The molecule has 2 heterocycles. The number of carbonyl (C=O) groups is 1. The molecule has 0 saturated heterocycles. The molecule has 1 N–H and O–H groups in total. The SMILES string of the molecule is COC(=O)CCCCCCCCCCCCCCCn1c(Br)nc2c1c(=O)[nH]c(=O)n2C. The van der Waals surface area contributed by atoms with Gasteiger partial charge in [-0.3, -0.25) is 19.1 Å². The summed E-state index contributed by atoms with van der Waals surface area (Å²) in [6.45, 7) is 0.706. The molecule has 0 atom stereocenters. The Morgan fingerprint density at radius 2 is 1.41 bits per heavy atom. The quantitative estimate of drug-likeness (QED) is 0.197. The van der Waals surface area contributed by atoms with Crippen molar-refractivity contribution in [3.63, 3.8) is 0 Å². The van der Waals surface area contributed by atoms with Gasteiger partial charge in [0.25, 0.3) is 5.56 Å². The summed E-state index contributed by atoms with van der Waals surface area (Å²) in [5.41, 5.74) is 0.0204. The van der Waals surface area contributed by atoms with Crippen LogP contribution in [0.1, 0.15) is 89.9 Å². The average Bonchev–Trinajstić information content (AvgIpc) is 3.11. The van der Waals surface area contributed by atoms with Gasteiger partial charge in [-0.1, -0.05) is 70.6 Å². The van der Waals surface area contributed by atoms with E-state index in [0.717, 1.165) is 25.7 Å². The Morgan fingerprint density at radius 3 is 1.94 bits per heavy atom. The molecule has 0 aliphatic heterocycles. The highest BCUT2D eigenvalue weighted by atomic mass is 79.9. The fraction of sp³-hybridized carbons (Fsp3) is 0.739. The van der Waals surface area contributed by atoms with E-state index in [0.29, 0.717) is 28.9 Å². The summed E-state index contributed by atoms with van der Waals surface area (Å²) in [5.74, 6) is -0.101. The number of halogens is 1. The lowest BCUT2D eigenvalue weighted by atomic mass is 10.0. The highest BCUT2D eigenvalue weighted by Gasteiger charge is 2.15. The van der Waals surface area contributed by atoms with Crippen molar-refractivity contribution in [2.45, 2.75) is 96.4 Å². The third-order valence-corrected chi connectivity index (χ3v) is 6.56. The molecule has 8 nitrogen and oxygen atoms in total. The fourth-order valence-corrected chi connectivity index (χ4v) is 4.52. The number of H-pyrrole nitrogens is 1. The van der Waals surface area contributed by atoms with Crippen molar-refractivity contribution in [3.8, 4) is 0 Å². The summed E-state index contributed by atoms with van der Waals surface area (Å²) in [4.78, 5) is 41.6. The van der Waals surface area contributed by atoms with Gasteiger partial charge in [-0.05, 0) is 28.8 Å². The number of nitrogens with one attached hydrogen (secondary N) is 1. The van der Waals surface area contributed by atoms with Gasteiger partial charge in [-0.25, -0.2) is 9.78 Å². The maximum absolute atomic E-state index is 12.2. The molecule has 2 aromatic heterocycles. The lowest BCUT2D eigenvalue weighted by Gasteiger charge is -2.06. The van der Waals surface area contributed by atoms with Gasteiger partial charge in [-0.2, -0.15) is 0 Å². The number of hydrogen-bond donors (Lipinski definition) is 1. The van der Waals surface area contributed by atoms with Gasteiger partial charge < -0.3 is 9.30 Å². The van der Waals surface area contributed by atoms with E-state index in [2.05, 4.69) is 30.6 Å². The minimum atomic E-state index is -0.449. The Hall–Kier alpha value is -1.90. The van der Waals surface area contributed by atoms with Crippen LogP contribution in [0.3, 0.4) is 0 Å². The van der Waals surface area contributed by atoms with Crippen molar-refractivity contribution in [1.82, 2.24) is 19.1 Å². The molecule has 9 heteroatoms. The van der Waals surface area contributed by atoms with Crippen LogP contribution in [0.4, 0.5) is 0 Å². The lowest BCUT2D eigenvalue weighted by molar-refractivity contribution is -0.140. The topological polar surface area (TPSA) is 99.0 Å². The molecule has 0 bridgehead atoms. The number of ether oxygens (including phenoxy) is 1. The number of imidazole rings is 1. The highest BCUT2D eigenvalue weighted by molar-refractivity contribution is 9.10. The van der Waals surface area contributed by atoms with Gasteiger partial charge in [0.1, 0.15) is 0 Å². The molecule has 0 unspecified atom stereocenters. The second-order valence-corrected chi connectivity index (χ2v) is 9.15. The minimum Gasteiger partial charge on any atom is -0.469 e. The first-order chi connectivity index (χ1) is 15.5. The van der Waals surface area contributed by atoms with Crippen molar-refractivity contribution in [2.75, 3.05) is 7.11 Å². The first-order valence-electron chi connectivity index (χ1n) is 11.9. The Bertz CT molecular complexity index is 963. The van der Waals surface area contributed by atoms with E-state index in [1.165, 1.54) is 69.5 Å². The van der Waals surface area contributed by atoms with Gasteiger partial charge in [0.2, 0.25) is 0 Å². The monoisotopic (exact) mass is 512 g/mol. The molecule has 0 aliphatic rings. The van der Waals surface area contributed by atoms with Crippen LogP contribution in [-0.2, 0) is 23.1 Å². The smallest absolute Gasteiger partial charge is 0.329 e. The third-order valence-electron chi connectivity index (χ3n) is 5.95. The predicted molar refractivity (Wildman–Crippen MR) is 130 cm³/mol. The van der Waals surface area contributed by atoms with Crippen LogP contribution < -0.4 is 11.2 Å². The van der Waals surface area contributed by atoms with Gasteiger partial charge in [-0.15, -0.1) is 0 Å².